The number of halogens is 1. The first-order valence-corrected chi connectivity index (χ1v) is 6.39. The van der Waals surface area contributed by atoms with Crippen molar-refractivity contribution in [2.45, 2.75) is 13.1 Å². The van der Waals surface area contributed by atoms with Crippen molar-refractivity contribution in [2.75, 3.05) is 12.5 Å². The van der Waals surface area contributed by atoms with Crippen molar-refractivity contribution in [1.29, 1.82) is 0 Å². The molecule has 5 heteroatoms. The molecule has 0 spiro atoms. The van der Waals surface area contributed by atoms with E-state index in [1.54, 1.807) is 6.20 Å². The van der Waals surface area contributed by atoms with Crippen LogP contribution in [0.15, 0.2) is 42.6 Å². The molecule has 3 N–H and O–H groups in total. The Bertz CT molecular complexity index is 544. The highest BCUT2D eigenvalue weighted by Crippen LogP contribution is 2.14. The summed E-state index contributed by atoms with van der Waals surface area (Å²) in [7, 11) is 2.07. The van der Waals surface area contributed by atoms with Crippen molar-refractivity contribution in [3.63, 3.8) is 0 Å². The number of rotatable bonds is 5. The molecular formula is C14H17ClN4. The van der Waals surface area contributed by atoms with E-state index >= 15 is 0 Å². The molecule has 1 aromatic carbocycles. The summed E-state index contributed by atoms with van der Waals surface area (Å²) in [5, 5.41) is 0.768. The molecule has 1 heterocycles. The van der Waals surface area contributed by atoms with Gasteiger partial charge in [0, 0.05) is 24.3 Å². The fourth-order valence-corrected chi connectivity index (χ4v) is 2.18. The maximum absolute atomic E-state index is 5.98. The highest BCUT2D eigenvalue weighted by Gasteiger charge is 2.03. The molecule has 2 rings (SSSR count). The van der Waals surface area contributed by atoms with Crippen LogP contribution in [0.4, 0.5) is 5.82 Å². The van der Waals surface area contributed by atoms with Gasteiger partial charge in [0.05, 0.1) is 0 Å². The minimum atomic E-state index is 0.675. The number of benzene rings is 1. The molecule has 1 aromatic heterocycles. The average molecular weight is 277 g/mol. The number of nitrogen functional groups attached to an aromatic ring is 1. The Balaban J connectivity index is 1.98. The van der Waals surface area contributed by atoms with E-state index < -0.39 is 0 Å². The van der Waals surface area contributed by atoms with Gasteiger partial charge in [0.2, 0.25) is 0 Å². The highest BCUT2D eigenvalue weighted by molar-refractivity contribution is 6.30. The molecule has 2 aromatic rings. The minimum absolute atomic E-state index is 0.675. The Morgan fingerprint density at radius 2 is 1.95 bits per heavy atom. The van der Waals surface area contributed by atoms with E-state index in [0.717, 1.165) is 23.7 Å². The van der Waals surface area contributed by atoms with Crippen LogP contribution in [0.25, 0.3) is 0 Å². The highest BCUT2D eigenvalue weighted by atomic mass is 35.5. The van der Waals surface area contributed by atoms with Gasteiger partial charge in [-0.1, -0.05) is 23.7 Å². The van der Waals surface area contributed by atoms with Gasteiger partial charge >= 0.3 is 0 Å². The monoisotopic (exact) mass is 276 g/mol. The minimum Gasteiger partial charge on any atom is -0.308 e. The SMILES string of the molecule is CN(Cc1cccc(Cl)c1)Cc1ccnc(NN)c1. The lowest BCUT2D eigenvalue weighted by molar-refractivity contribution is 0.319. The second-order valence-corrected chi connectivity index (χ2v) is 4.93. The van der Waals surface area contributed by atoms with Gasteiger partial charge in [-0.3, -0.25) is 4.90 Å². The van der Waals surface area contributed by atoms with Crippen LogP contribution >= 0.6 is 11.6 Å². The van der Waals surface area contributed by atoms with Gasteiger partial charge in [-0.2, -0.15) is 0 Å². The molecule has 0 radical (unpaired) electrons. The first-order valence-electron chi connectivity index (χ1n) is 6.02. The molecule has 0 atom stereocenters. The van der Waals surface area contributed by atoms with Crippen LogP contribution in [-0.2, 0) is 13.1 Å². The van der Waals surface area contributed by atoms with Crippen molar-refractivity contribution in [2.24, 2.45) is 5.84 Å². The predicted octanol–water partition coefficient (Wildman–Crippen LogP) is 2.65. The van der Waals surface area contributed by atoms with Crippen LogP contribution in [0.1, 0.15) is 11.1 Å². The molecule has 0 fully saturated rings. The zero-order chi connectivity index (χ0) is 13.7. The summed E-state index contributed by atoms with van der Waals surface area (Å²) >= 11 is 5.98. The van der Waals surface area contributed by atoms with Crippen LogP contribution in [-0.4, -0.2) is 16.9 Å². The van der Waals surface area contributed by atoms with Crippen molar-refractivity contribution in [1.82, 2.24) is 9.88 Å². The number of hydrogen-bond donors (Lipinski definition) is 2. The second kappa shape index (κ2) is 6.52. The van der Waals surface area contributed by atoms with Gasteiger partial charge in [0.15, 0.2) is 0 Å². The Hall–Kier alpha value is -1.62. The number of nitrogens with one attached hydrogen (secondary N) is 1. The molecule has 19 heavy (non-hydrogen) atoms. The first-order chi connectivity index (χ1) is 9.17. The van der Waals surface area contributed by atoms with Crippen LogP contribution < -0.4 is 11.3 Å². The van der Waals surface area contributed by atoms with Crippen LogP contribution in [0, 0.1) is 0 Å². The van der Waals surface area contributed by atoms with Gasteiger partial charge in [-0.15, -0.1) is 0 Å². The maximum atomic E-state index is 5.98. The Morgan fingerprint density at radius 1 is 1.21 bits per heavy atom. The zero-order valence-electron chi connectivity index (χ0n) is 10.8. The molecule has 0 aliphatic carbocycles. The lowest BCUT2D eigenvalue weighted by Crippen LogP contribution is -2.17. The van der Waals surface area contributed by atoms with E-state index in [1.165, 1.54) is 5.56 Å². The molecule has 0 aliphatic heterocycles. The predicted molar refractivity (Wildman–Crippen MR) is 78.7 cm³/mol. The number of pyridine rings is 1. The normalized spacial score (nSPS) is 10.7. The van der Waals surface area contributed by atoms with E-state index in [9.17, 15) is 0 Å². The third-order valence-corrected chi connectivity index (χ3v) is 3.00. The number of hydrogen-bond acceptors (Lipinski definition) is 4. The Labute approximate surface area is 118 Å². The summed E-state index contributed by atoms with van der Waals surface area (Å²) in [6.07, 6.45) is 1.75. The molecule has 0 amide bonds. The summed E-state index contributed by atoms with van der Waals surface area (Å²) in [5.74, 6) is 6.02. The van der Waals surface area contributed by atoms with E-state index in [0.29, 0.717) is 5.82 Å². The quantitative estimate of drug-likeness (QED) is 0.651. The first kappa shape index (κ1) is 13.8. The summed E-state index contributed by atoms with van der Waals surface area (Å²) in [4.78, 5) is 6.30. The largest absolute Gasteiger partial charge is 0.308 e. The molecule has 0 saturated heterocycles. The van der Waals surface area contributed by atoms with Crippen molar-refractivity contribution in [3.8, 4) is 0 Å². The smallest absolute Gasteiger partial charge is 0.140 e. The molecular weight excluding hydrogens is 260 g/mol. The van der Waals surface area contributed by atoms with E-state index in [2.05, 4.69) is 28.4 Å². The summed E-state index contributed by atoms with van der Waals surface area (Å²) < 4.78 is 0. The van der Waals surface area contributed by atoms with Crippen LogP contribution in [0.3, 0.4) is 0 Å². The van der Waals surface area contributed by atoms with E-state index in [1.807, 2.05) is 30.3 Å². The van der Waals surface area contributed by atoms with Gasteiger partial charge in [0.1, 0.15) is 5.82 Å². The maximum Gasteiger partial charge on any atom is 0.140 e. The molecule has 0 saturated carbocycles. The third kappa shape index (κ3) is 4.21. The fourth-order valence-electron chi connectivity index (χ4n) is 1.97. The van der Waals surface area contributed by atoms with Gasteiger partial charge in [0.25, 0.3) is 0 Å². The average Bonchev–Trinajstić information content (AvgIpc) is 2.38. The second-order valence-electron chi connectivity index (χ2n) is 4.50. The standard InChI is InChI=1S/C14H17ClN4/c1-19(9-11-3-2-4-13(15)7-11)10-12-5-6-17-14(8-12)18-16/h2-8H,9-10,16H2,1H3,(H,17,18). The molecule has 0 bridgehead atoms. The van der Waals surface area contributed by atoms with Gasteiger partial charge in [-0.05, 0) is 42.4 Å². The number of anilines is 1. The van der Waals surface area contributed by atoms with E-state index in [-0.39, 0.29) is 0 Å². The molecule has 4 nitrogen and oxygen atoms in total. The molecule has 100 valence electrons. The topological polar surface area (TPSA) is 54.2 Å². The van der Waals surface area contributed by atoms with Gasteiger partial charge < -0.3 is 5.43 Å². The fraction of sp³-hybridized carbons (Fsp3) is 0.214. The molecule has 0 unspecified atom stereocenters. The van der Waals surface area contributed by atoms with Crippen LogP contribution in [0.2, 0.25) is 5.02 Å². The summed E-state index contributed by atoms with van der Waals surface area (Å²) in [5.41, 5.74) is 4.91. The number of aromatic nitrogens is 1. The Morgan fingerprint density at radius 3 is 2.63 bits per heavy atom. The van der Waals surface area contributed by atoms with Crippen molar-refractivity contribution in [3.05, 3.63) is 58.7 Å². The lowest BCUT2D eigenvalue weighted by atomic mass is 10.2. The van der Waals surface area contributed by atoms with Crippen LogP contribution in [0.5, 0.6) is 0 Å². The van der Waals surface area contributed by atoms with Crippen molar-refractivity contribution >= 4 is 17.4 Å². The number of nitrogens with zero attached hydrogens (tertiary/aromatic N) is 2. The number of hydrazine groups is 1. The van der Waals surface area contributed by atoms with Gasteiger partial charge in [-0.25, -0.2) is 10.8 Å². The number of nitrogens with two attached hydrogens (primary N) is 1. The van der Waals surface area contributed by atoms with Crippen molar-refractivity contribution < 1.29 is 0 Å². The lowest BCUT2D eigenvalue weighted by Gasteiger charge is -2.17. The molecule has 0 aliphatic rings. The Kier molecular flexibility index (Phi) is 4.74. The third-order valence-electron chi connectivity index (χ3n) is 2.77. The zero-order valence-corrected chi connectivity index (χ0v) is 11.6. The summed E-state index contributed by atoms with van der Waals surface area (Å²) in [6.45, 7) is 1.66. The summed E-state index contributed by atoms with van der Waals surface area (Å²) in [6, 6.07) is 11.8. The van der Waals surface area contributed by atoms with E-state index in [4.69, 9.17) is 17.4 Å².